The third-order valence-electron chi connectivity index (χ3n) is 11.1. The van der Waals surface area contributed by atoms with E-state index in [1.165, 1.54) is 11.1 Å². The largest absolute Gasteiger partial charge is 0.313 e. The molecule has 0 bridgehead atoms. The molecular weight excluding hydrogens is 589 g/mol. The van der Waals surface area contributed by atoms with E-state index in [4.69, 9.17) is 19.9 Å². The summed E-state index contributed by atoms with van der Waals surface area (Å²) < 4.78 is 0. The Hall–Kier alpha value is -5.36. The normalized spacial score (nSPS) is 15.5. The molecule has 0 amide bonds. The molecule has 6 aromatic rings. The van der Waals surface area contributed by atoms with Gasteiger partial charge in [-0.15, -0.1) is 0 Å². The second-order valence-corrected chi connectivity index (χ2v) is 14.2. The lowest BCUT2D eigenvalue weighted by atomic mass is 9.59. The summed E-state index contributed by atoms with van der Waals surface area (Å²) in [7, 11) is 1.98. The topological polar surface area (TPSA) is 58.0 Å². The molecule has 0 radical (unpaired) electrons. The smallest absolute Gasteiger partial charge is 0.240 e. The van der Waals surface area contributed by atoms with Crippen molar-refractivity contribution in [2.75, 3.05) is 16.8 Å². The van der Waals surface area contributed by atoms with Crippen molar-refractivity contribution in [3.05, 3.63) is 139 Å². The molecule has 2 heterocycles. The van der Waals surface area contributed by atoms with E-state index in [0.29, 0.717) is 17.7 Å². The second kappa shape index (κ2) is 11.7. The third kappa shape index (κ3) is 5.12. The summed E-state index contributed by atoms with van der Waals surface area (Å²) in [6.07, 6.45) is 1.88. The van der Waals surface area contributed by atoms with Gasteiger partial charge < -0.3 is 4.90 Å². The van der Waals surface area contributed by atoms with E-state index in [9.17, 15) is 0 Å². The van der Waals surface area contributed by atoms with Crippen LogP contribution in [0, 0.1) is 5.41 Å². The zero-order chi connectivity index (χ0) is 33.7. The molecule has 6 nitrogen and oxygen atoms in total. The van der Waals surface area contributed by atoms with Gasteiger partial charge in [-0.05, 0) is 82.0 Å². The zero-order valence-electron chi connectivity index (χ0n) is 28.8. The van der Waals surface area contributed by atoms with Crippen molar-refractivity contribution < 1.29 is 0 Å². The summed E-state index contributed by atoms with van der Waals surface area (Å²) in [5.41, 5.74) is 8.75. The Kier molecular flexibility index (Phi) is 7.62. The number of rotatable bonds is 7. The number of benzene rings is 4. The first-order valence-corrected chi connectivity index (χ1v) is 16.6. The summed E-state index contributed by atoms with van der Waals surface area (Å²) in [5, 5.41) is 0. The fraction of sp³-hybridized carbons (Fsp3) is 0.238. The first-order chi connectivity index (χ1) is 23.0. The van der Waals surface area contributed by atoms with Gasteiger partial charge >= 0.3 is 0 Å². The van der Waals surface area contributed by atoms with Gasteiger partial charge in [-0.2, -0.15) is 15.0 Å². The molecule has 0 N–H and O–H groups in total. The van der Waals surface area contributed by atoms with Crippen molar-refractivity contribution in [1.82, 2.24) is 19.9 Å². The van der Waals surface area contributed by atoms with Gasteiger partial charge in [-0.3, -0.25) is 9.88 Å². The number of fused-ring (bicyclic) bond motifs is 1. The molecule has 0 fully saturated rings. The van der Waals surface area contributed by atoms with Crippen molar-refractivity contribution in [2.45, 2.75) is 52.4 Å². The van der Waals surface area contributed by atoms with E-state index < -0.39 is 0 Å². The Morgan fingerprint density at radius 3 is 1.58 bits per heavy atom. The molecule has 1 aliphatic carbocycles. The van der Waals surface area contributed by atoms with Gasteiger partial charge in [-0.1, -0.05) is 108 Å². The lowest BCUT2D eigenvalue weighted by Crippen LogP contribution is -2.42. The zero-order valence-corrected chi connectivity index (χ0v) is 28.8. The fourth-order valence-electron chi connectivity index (χ4n) is 6.95. The predicted molar refractivity (Wildman–Crippen MR) is 198 cm³/mol. The fourth-order valence-corrected chi connectivity index (χ4v) is 6.95. The highest BCUT2D eigenvalue weighted by atomic mass is 15.3. The van der Waals surface area contributed by atoms with E-state index in [-0.39, 0.29) is 16.2 Å². The molecule has 1 aliphatic rings. The number of aromatic nitrogens is 4. The van der Waals surface area contributed by atoms with Crippen molar-refractivity contribution in [3.63, 3.8) is 0 Å². The quantitative estimate of drug-likeness (QED) is 0.175. The van der Waals surface area contributed by atoms with Crippen LogP contribution in [0.1, 0.15) is 52.7 Å². The minimum absolute atomic E-state index is 0.0215. The highest BCUT2D eigenvalue weighted by Gasteiger charge is 2.56. The molecular formula is C42H42N6. The molecule has 4 aromatic carbocycles. The van der Waals surface area contributed by atoms with Crippen LogP contribution < -0.4 is 9.80 Å². The molecule has 2 aromatic heterocycles. The van der Waals surface area contributed by atoms with Crippen LogP contribution >= 0.6 is 0 Å². The molecule has 48 heavy (non-hydrogen) atoms. The van der Waals surface area contributed by atoms with E-state index in [1.54, 1.807) is 0 Å². The molecule has 0 spiro atoms. The first-order valence-electron chi connectivity index (χ1n) is 16.6. The minimum atomic E-state index is 0.0215. The van der Waals surface area contributed by atoms with Gasteiger partial charge in [0.25, 0.3) is 0 Å². The van der Waals surface area contributed by atoms with Gasteiger partial charge in [0.05, 0.1) is 5.69 Å². The average Bonchev–Trinajstić information content (AvgIpc) is 3.22. The molecule has 0 atom stereocenters. The number of hydrogen-bond acceptors (Lipinski definition) is 6. The van der Waals surface area contributed by atoms with Crippen LogP contribution in [0.4, 0.5) is 29.0 Å². The van der Waals surface area contributed by atoms with E-state index >= 15 is 0 Å². The van der Waals surface area contributed by atoms with Crippen molar-refractivity contribution in [2.24, 2.45) is 5.41 Å². The number of hydrogen-bond donors (Lipinski definition) is 0. The lowest BCUT2D eigenvalue weighted by molar-refractivity contribution is 0.125. The Labute approximate surface area is 284 Å². The lowest BCUT2D eigenvalue weighted by Gasteiger charge is -2.44. The maximum absolute atomic E-state index is 5.07. The maximum atomic E-state index is 5.07. The van der Waals surface area contributed by atoms with Gasteiger partial charge in [0.15, 0.2) is 5.82 Å². The summed E-state index contributed by atoms with van der Waals surface area (Å²) in [6.45, 7) is 14.3. The highest BCUT2D eigenvalue weighted by molar-refractivity contribution is 5.75. The summed E-state index contributed by atoms with van der Waals surface area (Å²) in [5.74, 6) is 1.60. The predicted octanol–water partition coefficient (Wildman–Crippen LogP) is 10.4. The number of nitrogens with zero attached hydrogens (tertiary/aromatic N) is 6. The summed E-state index contributed by atoms with van der Waals surface area (Å²) in [4.78, 5) is 24.1. The number of anilines is 5. The highest BCUT2D eigenvalue weighted by Crippen LogP contribution is 2.61. The average molecular weight is 631 g/mol. The van der Waals surface area contributed by atoms with Gasteiger partial charge in [0.2, 0.25) is 11.9 Å². The molecule has 0 unspecified atom stereocenters. The third-order valence-corrected chi connectivity index (χ3v) is 11.1. The van der Waals surface area contributed by atoms with Crippen LogP contribution in [-0.2, 0) is 10.8 Å². The van der Waals surface area contributed by atoms with Crippen LogP contribution in [0.15, 0.2) is 128 Å². The summed E-state index contributed by atoms with van der Waals surface area (Å²) in [6, 6.07) is 41.5. The van der Waals surface area contributed by atoms with Crippen molar-refractivity contribution in [3.8, 4) is 22.6 Å². The molecule has 240 valence electrons. The molecule has 0 aliphatic heterocycles. The molecule has 0 saturated carbocycles. The van der Waals surface area contributed by atoms with E-state index in [1.807, 2.05) is 84.9 Å². The van der Waals surface area contributed by atoms with E-state index in [2.05, 4.69) is 101 Å². The molecule has 0 saturated heterocycles. The van der Waals surface area contributed by atoms with E-state index in [0.717, 1.165) is 33.9 Å². The van der Waals surface area contributed by atoms with Crippen molar-refractivity contribution >= 4 is 29.0 Å². The Morgan fingerprint density at radius 2 is 1.02 bits per heavy atom. The number of pyridine rings is 1. The minimum Gasteiger partial charge on any atom is -0.313 e. The van der Waals surface area contributed by atoms with Crippen LogP contribution in [0.2, 0.25) is 0 Å². The molecule has 7 rings (SSSR count). The first kappa shape index (κ1) is 31.3. The Bertz CT molecular complexity index is 2010. The maximum Gasteiger partial charge on any atom is 0.240 e. The van der Waals surface area contributed by atoms with Gasteiger partial charge in [0, 0.05) is 41.4 Å². The van der Waals surface area contributed by atoms with Crippen LogP contribution in [-0.4, -0.2) is 27.0 Å². The summed E-state index contributed by atoms with van der Waals surface area (Å²) >= 11 is 0. The van der Waals surface area contributed by atoms with Crippen LogP contribution in [0.5, 0.6) is 0 Å². The second-order valence-electron chi connectivity index (χ2n) is 14.2. The SMILES string of the molecule is CN(c1ccccc1)c1nc(-c2ccc(-c3ccc4c(c3)C(C)(C)C(C)(C)C4(C)C)nc2)nc(N(c2ccccc2)c2ccccc2)n1. The molecule has 6 heteroatoms. The monoisotopic (exact) mass is 630 g/mol. The number of para-hydroxylation sites is 3. The van der Waals surface area contributed by atoms with Crippen molar-refractivity contribution in [1.29, 1.82) is 0 Å². The van der Waals surface area contributed by atoms with Gasteiger partial charge in [-0.25, -0.2) is 0 Å². The van der Waals surface area contributed by atoms with Gasteiger partial charge in [0.1, 0.15) is 0 Å². The van der Waals surface area contributed by atoms with Crippen LogP contribution in [0.25, 0.3) is 22.6 Å². The van der Waals surface area contributed by atoms with Crippen LogP contribution in [0.3, 0.4) is 0 Å². The Balaban J connectivity index is 1.32. The standard InChI is InChI=1S/C42H42N6/c1-40(2)34-25-23-29(27-35(34)41(3,4)42(40,5)6)36-26-24-30(28-43-36)37-44-38(47(7)31-17-11-8-12-18-31)46-39(45-37)48(32-19-13-9-14-20-32)33-21-15-10-16-22-33/h8-28H,1-7H3. The Morgan fingerprint density at radius 1 is 0.500 bits per heavy atom.